The molecule has 0 saturated heterocycles. The van der Waals surface area contributed by atoms with E-state index in [9.17, 15) is 45.9 Å². The highest BCUT2D eigenvalue weighted by Gasteiger charge is 2.31. The van der Waals surface area contributed by atoms with Gasteiger partial charge in [0, 0.05) is 37.8 Å². The van der Waals surface area contributed by atoms with Crippen LogP contribution in [0.4, 0.5) is 22.0 Å². The van der Waals surface area contributed by atoms with Crippen LogP contribution in [-0.2, 0) is 52.8 Å². The van der Waals surface area contributed by atoms with Gasteiger partial charge in [0.15, 0.2) is 23.1 Å². The summed E-state index contributed by atoms with van der Waals surface area (Å²) in [4.78, 5) is 61.4. The van der Waals surface area contributed by atoms with Gasteiger partial charge in [0.05, 0.1) is 26.4 Å². The number of aryl methyl sites for hydroxylation is 2. The van der Waals surface area contributed by atoms with E-state index in [0.29, 0.717) is 24.0 Å². The minimum absolute atomic E-state index is 0.0196. The molecule has 0 aromatic heterocycles. The fourth-order valence-corrected chi connectivity index (χ4v) is 5.26. The summed E-state index contributed by atoms with van der Waals surface area (Å²) in [5, 5.41) is 0. The molecule has 0 aliphatic carbocycles. The molecule has 0 fully saturated rings. The third kappa shape index (κ3) is 17.3. The van der Waals surface area contributed by atoms with Crippen LogP contribution in [0.5, 0.6) is 28.7 Å². The van der Waals surface area contributed by atoms with Crippen molar-refractivity contribution < 1.29 is 83.8 Å². The van der Waals surface area contributed by atoms with Gasteiger partial charge in [-0.05, 0) is 84.1 Å². The van der Waals surface area contributed by atoms with Crippen LogP contribution in [-0.4, -0.2) is 62.6 Å². The molecular formula is C45H41F5O13. The van der Waals surface area contributed by atoms with Crippen LogP contribution in [0.1, 0.15) is 52.7 Å². The second-order valence-electron chi connectivity index (χ2n) is 13.1. The number of esters is 5. The highest BCUT2D eigenvalue weighted by molar-refractivity contribution is 5.94. The molecule has 63 heavy (non-hydrogen) atoms. The number of carbonyl (C=O) groups is 5. The van der Waals surface area contributed by atoms with Crippen molar-refractivity contribution >= 4 is 29.8 Å². The quantitative estimate of drug-likeness (QED) is 0.0165. The minimum atomic E-state index is -4.91. The van der Waals surface area contributed by atoms with Crippen LogP contribution in [0.3, 0.4) is 0 Å². The topological polar surface area (TPSA) is 159 Å². The maximum absolute atomic E-state index is 14.7. The number of rotatable bonds is 24. The zero-order valence-corrected chi connectivity index (χ0v) is 33.5. The number of carbonyl (C=O) groups excluding carboxylic acids is 5. The third-order valence-corrected chi connectivity index (χ3v) is 8.30. The lowest BCUT2D eigenvalue weighted by Crippen LogP contribution is -2.17. The van der Waals surface area contributed by atoms with Crippen molar-refractivity contribution in [1.82, 2.24) is 0 Å². The molecule has 18 heteroatoms. The first-order valence-corrected chi connectivity index (χ1v) is 19.1. The Morgan fingerprint density at radius 2 is 1.03 bits per heavy atom. The van der Waals surface area contributed by atoms with Crippen molar-refractivity contribution in [3.63, 3.8) is 0 Å². The number of hydrogen-bond donors (Lipinski definition) is 0. The molecule has 4 aromatic rings. The maximum Gasteiger partial charge on any atom is 0.573 e. The zero-order chi connectivity index (χ0) is 45.8. The first kappa shape index (κ1) is 48.4. The average molecular weight is 885 g/mol. The van der Waals surface area contributed by atoms with Crippen molar-refractivity contribution in [2.24, 2.45) is 0 Å². The Balaban J connectivity index is 1.37. The molecule has 0 aliphatic heterocycles. The van der Waals surface area contributed by atoms with E-state index in [1.54, 1.807) is 6.07 Å². The first-order chi connectivity index (χ1) is 30.1. The number of benzene rings is 4. The van der Waals surface area contributed by atoms with E-state index in [1.807, 2.05) is 0 Å². The normalized spacial score (nSPS) is 10.8. The molecule has 0 radical (unpaired) electrons. The number of alkyl halides is 3. The van der Waals surface area contributed by atoms with Crippen molar-refractivity contribution in [3.05, 3.63) is 138 Å². The van der Waals surface area contributed by atoms with Crippen molar-refractivity contribution in [2.45, 2.75) is 51.5 Å². The summed E-state index contributed by atoms with van der Waals surface area (Å²) in [6.45, 7) is 6.39. The van der Waals surface area contributed by atoms with Crippen molar-refractivity contribution in [2.75, 3.05) is 26.4 Å². The van der Waals surface area contributed by atoms with Gasteiger partial charge in [-0.3, -0.25) is 9.59 Å². The van der Waals surface area contributed by atoms with Crippen molar-refractivity contribution in [3.8, 4) is 28.7 Å². The fourth-order valence-electron chi connectivity index (χ4n) is 5.26. The molecule has 0 atom stereocenters. The van der Waals surface area contributed by atoms with Gasteiger partial charge in [0.1, 0.15) is 29.4 Å². The molecule has 0 heterocycles. The molecule has 13 nitrogen and oxygen atoms in total. The smallest absolute Gasteiger partial charge is 0.490 e. The van der Waals surface area contributed by atoms with Crippen LogP contribution in [0.25, 0.3) is 0 Å². The number of hydrogen-bond acceptors (Lipinski definition) is 13. The molecule has 0 bridgehead atoms. The van der Waals surface area contributed by atoms with Crippen LogP contribution in [0.2, 0.25) is 0 Å². The number of ether oxygens (including phenoxy) is 8. The fraction of sp³-hybridized carbons (Fsp3) is 0.267. The molecule has 4 rings (SSSR count). The summed E-state index contributed by atoms with van der Waals surface area (Å²) in [5.74, 6) is -6.26. The maximum atomic E-state index is 14.7. The van der Waals surface area contributed by atoms with Gasteiger partial charge in [-0.1, -0.05) is 37.4 Å². The summed E-state index contributed by atoms with van der Waals surface area (Å²) in [6.07, 6.45) is -2.69. The molecule has 334 valence electrons. The van der Waals surface area contributed by atoms with Crippen molar-refractivity contribution in [1.29, 1.82) is 0 Å². The van der Waals surface area contributed by atoms with E-state index in [2.05, 4.69) is 17.9 Å². The Labute approximate surface area is 357 Å². The van der Waals surface area contributed by atoms with Gasteiger partial charge in [-0.15, -0.1) is 13.2 Å². The molecule has 0 amide bonds. The predicted molar refractivity (Wildman–Crippen MR) is 212 cm³/mol. The number of halogens is 5. The Hall–Kier alpha value is -7.24. The standard InChI is InChI=1S/C45H41F5O13/c1-3-40(51)58-23-5-21-56-38-16-9-29(25-35(38)46)11-19-42(53)61-33-15-18-37(34(27-33)44(55)60-28-31-7-13-32(14-8-31)63-45(48,49)50)62-43(54)20-12-30-10-17-39(36(47)26-30)57-22-6-24-59-41(52)4-2/h3-4,7-10,13-18,25-27H,1-2,5-6,11-12,19-24,28H2. The molecule has 0 saturated carbocycles. The zero-order valence-electron chi connectivity index (χ0n) is 33.5. The second kappa shape index (κ2) is 24.3. The van der Waals surface area contributed by atoms with E-state index >= 15 is 0 Å². The van der Waals surface area contributed by atoms with Gasteiger partial charge in [-0.2, -0.15) is 0 Å². The summed E-state index contributed by atoms with van der Waals surface area (Å²) in [6, 6.07) is 16.2. The third-order valence-electron chi connectivity index (χ3n) is 8.30. The highest BCUT2D eigenvalue weighted by Crippen LogP contribution is 2.28. The predicted octanol–water partition coefficient (Wildman–Crippen LogP) is 8.29. The molecule has 0 unspecified atom stereocenters. The first-order valence-electron chi connectivity index (χ1n) is 19.1. The molecule has 0 spiro atoms. The van der Waals surface area contributed by atoms with E-state index < -0.39 is 60.2 Å². The Bertz CT molecular complexity index is 2240. The largest absolute Gasteiger partial charge is 0.573 e. The van der Waals surface area contributed by atoms with Gasteiger partial charge in [0.25, 0.3) is 0 Å². The van der Waals surface area contributed by atoms with Crippen LogP contribution >= 0.6 is 0 Å². The Morgan fingerprint density at radius 3 is 1.52 bits per heavy atom. The summed E-state index contributed by atoms with van der Waals surface area (Å²) >= 11 is 0. The van der Waals surface area contributed by atoms with E-state index in [1.165, 1.54) is 54.6 Å². The van der Waals surface area contributed by atoms with Gasteiger partial charge >= 0.3 is 36.2 Å². The lowest BCUT2D eigenvalue weighted by molar-refractivity contribution is -0.274. The SMILES string of the molecule is C=CC(=O)OCCCOc1ccc(CCC(=O)Oc2ccc(OC(=O)CCc3ccc(OCCCOC(=O)C=C)c(F)c3)c(C(=O)OCc3ccc(OC(F)(F)F)cc3)c2)cc1F. The summed E-state index contributed by atoms with van der Waals surface area (Å²) in [7, 11) is 0. The molecule has 0 N–H and O–H groups in total. The van der Waals surface area contributed by atoms with E-state index in [-0.39, 0.29) is 86.2 Å². The van der Waals surface area contributed by atoms with Crippen LogP contribution in [0.15, 0.2) is 104 Å². The summed E-state index contributed by atoms with van der Waals surface area (Å²) in [5.41, 5.74) is 0.778. The van der Waals surface area contributed by atoms with E-state index in [0.717, 1.165) is 30.4 Å². The molecule has 4 aromatic carbocycles. The highest BCUT2D eigenvalue weighted by atomic mass is 19.4. The van der Waals surface area contributed by atoms with Crippen LogP contribution < -0.4 is 23.7 Å². The van der Waals surface area contributed by atoms with Gasteiger partial charge in [-0.25, -0.2) is 23.2 Å². The van der Waals surface area contributed by atoms with E-state index in [4.69, 9.17) is 33.2 Å². The Kier molecular flexibility index (Phi) is 18.7. The molecular weight excluding hydrogens is 843 g/mol. The minimum Gasteiger partial charge on any atom is -0.490 e. The second-order valence-corrected chi connectivity index (χ2v) is 13.1. The van der Waals surface area contributed by atoms with Gasteiger partial charge in [0.2, 0.25) is 0 Å². The lowest BCUT2D eigenvalue weighted by Gasteiger charge is -2.13. The summed E-state index contributed by atoms with van der Waals surface area (Å²) < 4.78 is 108. The monoisotopic (exact) mass is 884 g/mol. The van der Waals surface area contributed by atoms with Crippen LogP contribution in [0, 0.1) is 11.6 Å². The lowest BCUT2D eigenvalue weighted by atomic mass is 10.1. The average Bonchev–Trinajstić information content (AvgIpc) is 3.25. The Morgan fingerprint density at radius 1 is 0.556 bits per heavy atom. The van der Waals surface area contributed by atoms with Gasteiger partial charge < -0.3 is 37.9 Å². The molecule has 0 aliphatic rings.